The van der Waals surface area contributed by atoms with Gasteiger partial charge in [-0.15, -0.1) is 0 Å². The summed E-state index contributed by atoms with van der Waals surface area (Å²) in [6.45, 7) is 0.800. The number of nitrogens with zero attached hydrogens (tertiary/aromatic N) is 3. The summed E-state index contributed by atoms with van der Waals surface area (Å²) >= 11 is 0.959. The lowest BCUT2D eigenvalue weighted by Crippen LogP contribution is -2.31. The molecule has 3 rings (SSSR count). The third kappa shape index (κ3) is 2.22. The molecular formula is C12H9F2N3O2S. The first-order valence-corrected chi connectivity index (χ1v) is 6.68. The number of halogens is 2. The number of aromatic nitrogens is 1. The van der Waals surface area contributed by atoms with Gasteiger partial charge >= 0.3 is 5.00 Å². The van der Waals surface area contributed by atoms with Gasteiger partial charge in [0.25, 0.3) is 0 Å². The Kier molecular flexibility index (Phi) is 3.09. The molecular weight excluding hydrogens is 288 g/mol. The maximum absolute atomic E-state index is 13.6. The summed E-state index contributed by atoms with van der Waals surface area (Å²) in [5, 5.41) is 11.1. The monoisotopic (exact) mass is 297 g/mol. The molecule has 0 unspecified atom stereocenters. The first kappa shape index (κ1) is 12.9. The quantitative estimate of drug-likeness (QED) is 0.631. The molecule has 2 heterocycles. The molecule has 0 amide bonds. The van der Waals surface area contributed by atoms with Crippen molar-refractivity contribution in [2.75, 3.05) is 11.4 Å². The topological polar surface area (TPSA) is 59.3 Å². The van der Waals surface area contributed by atoms with Crippen molar-refractivity contribution in [3.63, 3.8) is 0 Å². The normalized spacial score (nSPS) is 14.2. The maximum Gasteiger partial charge on any atom is 0.345 e. The molecule has 0 saturated carbocycles. The van der Waals surface area contributed by atoms with E-state index in [1.165, 1.54) is 12.3 Å². The van der Waals surface area contributed by atoms with Crippen LogP contribution in [0.3, 0.4) is 0 Å². The third-order valence-electron chi connectivity index (χ3n) is 3.18. The van der Waals surface area contributed by atoms with Crippen LogP contribution in [0.1, 0.15) is 11.1 Å². The van der Waals surface area contributed by atoms with E-state index in [0.29, 0.717) is 35.8 Å². The molecule has 0 spiro atoms. The molecule has 1 aromatic heterocycles. The highest BCUT2D eigenvalue weighted by Crippen LogP contribution is 2.32. The van der Waals surface area contributed by atoms with E-state index in [2.05, 4.69) is 4.98 Å². The number of nitro groups is 1. The van der Waals surface area contributed by atoms with Gasteiger partial charge in [-0.3, -0.25) is 10.1 Å². The summed E-state index contributed by atoms with van der Waals surface area (Å²) in [6, 6.07) is 2.18. The van der Waals surface area contributed by atoms with Crippen LogP contribution in [0.25, 0.3) is 0 Å². The van der Waals surface area contributed by atoms with E-state index in [1.807, 2.05) is 0 Å². The van der Waals surface area contributed by atoms with Crippen molar-refractivity contribution in [3.05, 3.63) is 51.2 Å². The number of anilines is 1. The molecule has 0 bridgehead atoms. The molecule has 104 valence electrons. The van der Waals surface area contributed by atoms with E-state index in [4.69, 9.17) is 0 Å². The van der Waals surface area contributed by atoms with Gasteiger partial charge in [-0.25, -0.2) is 13.8 Å². The van der Waals surface area contributed by atoms with Crippen molar-refractivity contribution < 1.29 is 13.7 Å². The molecule has 0 radical (unpaired) electrons. The standard InChI is InChI=1S/C12H9F2N3O2S/c13-8-3-7-6-16(2-1-9(7)10(14)4-8)12-15-5-11(20-12)17(18)19/h3-5H,1-2,6H2. The van der Waals surface area contributed by atoms with E-state index in [1.54, 1.807) is 4.90 Å². The highest BCUT2D eigenvalue weighted by atomic mass is 32.1. The minimum atomic E-state index is -0.617. The molecule has 0 atom stereocenters. The first-order chi connectivity index (χ1) is 9.54. The number of thiazole rings is 1. The maximum atomic E-state index is 13.6. The van der Waals surface area contributed by atoms with Crippen LogP contribution in [-0.2, 0) is 13.0 Å². The number of rotatable bonds is 2. The van der Waals surface area contributed by atoms with Crippen molar-refractivity contribution in [2.45, 2.75) is 13.0 Å². The highest BCUT2D eigenvalue weighted by molar-refractivity contribution is 7.18. The summed E-state index contributed by atoms with van der Waals surface area (Å²) in [4.78, 5) is 15.9. The van der Waals surface area contributed by atoms with Crippen LogP contribution < -0.4 is 4.90 Å². The fourth-order valence-corrected chi connectivity index (χ4v) is 3.02. The van der Waals surface area contributed by atoms with Gasteiger partial charge in [0.2, 0.25) is 0 Å². The lowest BCUT2D eigenvalue weighted by Gasteiger charge is -2.28. The van der Waals surface area contributed by atoms with Gasteiger partial charge in [0.05, 0.1) is 4.92 Å². The molecule has 1 aliphatic heterocycles. The molecule has 0 saturated heterocycles. The Morgan fingerprint density at radius 3 is 2.90 bits per heavy atom. The van der Waals surface area contributed by atoms with Crippen LogP contribution in [0.2, 0.25) is 0 Å². The van der Waals surface area contributed by atoms with Crippen LogP contribution in [0, 0.1) is 21.7 Å². The minimum absolute atomic E-state index is 0.0452. The van der Waals surface area contributed by atoms with Crippen molar-refractivity contribution in [1.82, 2.24) is 4.98 Å². The third-order valence-corrected chi connectivity index (χ3v) is 4.19. The molecule has 5 nitrogen and oxygen atoms in total. The second kappa shape index (κ2) is 4.78. The molecule has 20 heavy (non-hydrogen) atoms. The van der Waals surface area contributed by atoms with Crippen molar-refractivity contribution >= 4 is 21.5 Å². The summed E-state index contributed by atoms with van der Waals surface area (Å²) < 4.78 is 26.8. The van der Waals surface area contributed by atoms with E-state index in [-0.39, 0.29) is 5.00 Å². The SMILES string of the molecule is O=[N+]([O-])c1cnc(N2CCc3c(F)cc(F)cc3C2)s1. The van der Waals surface area contributed by atoms with Gasteiger partial charge in [-0.2, -0.15) is 0 Å². The summed E-state index contributed by atoms with van der Waals surface area (Å²) in [5.74, 6) is -1.15. The van der Waals surface area contributed by atoms with Crippen LogP contribution in [0.5, 0.6) is 0 Å². The van der Waals surface area contributed by atoms with Crippen LogP contribution in [0.15, 0.2) is 18.3 Å². The molecule has 0 aliphatic carbocycles. The highest BCUT2D eigenvalue weighted by Gasteiger charge is 2.23. The Morgan fingerprint density at radius 2 is 2.20 bits per heavy atom. The summed E-state index contributed by atoms with van der Waals surface area (Å²) in [5.41, 5.74) is 1.07. The molecule has 0 fully saturated rings. The average Bonchev–Trinajstić information content (AvgIpc) is 2.87. The first-order valence-electron chi connectivity index (χ1n) is 5.86. The molecule has 2 aromatic rings. The molecule has 0 N–H and O–H groups in total. The Labute approximate surface area is 116 Å². The largest absolute Gasteiger partial charge is 0.345 e. The lowest BCUT2D eigenvalue weighted by atomic mass is 9.99. The van der Waals surface area contributed by atoms with Gasteiger partial charge in [-0.05, 0) is 35.0 Å². The summed E-state index contributed by atoms with van der Waals surface area (Å²) in [6.07, 6.45) is 1.62. The number of hydrogen-bond acceptors (Lipinski definition) is 5. The molecule has 8 heteroatoms. The van der Waals surface area contributed by atoms with Crippen molar-refractivity contribution in [1.29, 1.82) is 0 Å². The Balaban J connectivity index is 1.89. The predicted octanol–water partition coefficient (Wildman–Crippen LogP) is 2.89. The van der Waals surface area contributed by atoms with Gasteiger partial charge in [0.1, 0.15) is 17.8 Å². The summed E-state index contributed by atoms with van der Waals surface area (Å²) in [7, 11) is 0. The van der Waals surface area contributed by atoms with E-state index in [9.17, 15) is 18.9 Å². The zero-order valence-electron chi connectivity index (χ0n) is 10.2. The van der Waals surface area contributed by atoms with Gasteiger partial charge in [0, 0.05) is 19.2 Å². The van der Waals surface area contributed by atoms with Gasteiger partial charge in [0.15, 0.2) is 5.13 Å². The second-order valence-electron chi connectivity index (χ2n) is 4.44. The molecule has 1 aliphatic rings. The molecule has 1 aromatic carbocycles. The minimum Gasteiger partial charge on any atom is -0.343 e. The van der Waals surface area contributed by atoms with Crippen molar-refractivity contribution in [3.8, 4) is 0 Å². The lowest BCUT2D eigenvalue weighted by molar-refractivity contribution is -0.380. The van der Waals surface area contributed by atoms with Crippen LogP contribution >= 0.6 is 11.3 Å². The van der Waals surface area contributed by atoms with Crippen LogP contribution in [0.4, 0.5) is 18.9 Å². The second-order valence-corrected chi connectivity index (χ2v) is 5.42. The Hall–Kier alpha value is -2.09. The average molecular weight is 297 g/mol. The fourth-order valence-electron chi connectivity index (χ4n) is 2.26. The van der Waals surface area contributed by atoms with E-state index in [0.717, 1.165) is 17.4 Å². The smallest absolute Gasteiger partial charge is 0.343 e. The van der Waals surface area contributed by atoms with Gasteiger partial charge < -0.3 is 4.90 Å². The zero-order chi connectivity index (χ0) is 14.3. The Morgan fingerprint density at radius 1 is 1.40 bits per heavy atom. The fraction of sp³-hybridized carbons (Fsp3) is 0.250. The Bertz CT molecular complexity index is 689. The number of fused-ring (bicyclic) bond motifs is 1. The van der Waals surface area contributed by atoms with E-state index < -0.39 is 16.6 Å². The predicted molar refractivity (Wildman–Crippen MR) is 69.9 cm³/mol. The van der Waals surface area contributed by atoms with E-state index >= 15 is 0 Å². The van der Waals surface area contributed by atoms with Gasteiger partial charge in [-0.1, -0.05) is 0 Å². The number of hydrogen-bond donors (Lipinski definition) is 0. The van der Waals surface area contributed by atoms with Crippen molar-refractivity contribution in [2.24, 2.45) is 0 Å². The zero-order valence-corrected chi connectivity index (χ0v) is 11.0. The number of benzene rings is 1. The van der Waals surface area contributed by atoms with Crippen LogP contribution in [-0.4, -0.2) is 16.5 Å².